The number of fused-ring (bicyclic) bond motifs is 2. The minimum absolute atomic E-state index is 0.212. The normalized spacial score (nSPS) is 34.2. The van der Waals surface area contributed by atoms with Gasteiger partial charge in [-0.3, -0.25) is 0 Å². The van der Waals surface area contributed by atoms with Crippen molar-refractivity contribution in [3.05, 3.63) is 35.6 Å². The molecule has 2 unspecified atom stereocenters. The number of piperidine rings is 1. The molecule has 19 heavy (non-hydrogen) atoms. The number of ether oxygens (including phenoxy) is 1. The lowest BCUT2D eigenvalue weighted by Gasteiger charge is -2.45. The number of morpholine rings is 1. The van der Waals surface area contributed by atoms with E-state index in [9.17, 15) is 9.50 Å². The summed E-state index contributed by atoms with van der Waals surface area (Å²) >= 11 is 0. The number of rotatable bonds is 3. The first-order valence-corrected chi connectivity index (χ1v) is 6.94. The van der Waals surface area contributed by atoms with Crippen molar-refractivity contribution >= 4 is 0 Å². The van der Waals surface area contributed by atoms with Crippen LogP contribution in [0.2, 0.25) is 0 Å². The summed E-state index contributed by atoms with van der Waals surface area (Å²) in [5, 5.41) is 14.2. The molecule has 2 aliphatic heterocycles. The maximum atomic E-state index is 12.8. The monoisotopic (exact) mass is 265 g/mol. The minimum Gasteiger partial charge on any atom is -0.390 e. The molecule has 2 N–H and O–H groups in total. The van der Waals surface area contributed by atoms with Gasteiger partial charge in [0.25, 0.3) is 0 Å². The van der Waals surface area contributed by atoms with Crippen LogP contribution in [0.4, 0.5) is 4.39 Å². The Morgan fingerprint density at radius 1 is 1.21 bits per heavy atom. The molecule has 104 valence electrons. The average Bonchev–Trinajstić information content (AvgIpc) is 2.37. The van der Waals surface area contributed by atoms with Gasteiger partial charge in [0, 0.05) is 12.1 Å². The van der Waals surface area contributed by atoms with Gasteiger partial charge in [0.05, 0.1) is 18.8 Å². The molecule has 0 aliphatic carbocycles. The van der Waals surface area contributed by atoms with Gasteiger partial charge in [0.2, 0.25) is 0 Å². The third-order valence-electron chi connectivity index (χ3n) is 4.15. The number of benzene rings is 1. The zero-order valence-corrected chi connectivity index (χ0v) is 10.9. The van der Waals surface area contributed by atoms with Crippen LogP contribution in [0.25, 0.3) is 0 Å². The molecule has 0 amide bonds. The molecule has 3 nitrogen and oxygen atoms in total. The summed E-state index contributed by atoms with van der Waals surface area (Å²) in [6, 6.07) is 7.08. The van der Waals surface area contributed by atoms with E-state index in [0.717, 1.165) is 31.2 Å². The van der Waals surface area contributed by atoms with Crippen molar-refractivity contribution in [1.82, 2.24) is 5.32 Å². The molecular weight excluding hydrogens is 245 g/mol. The lowest BCUT2D eigenvalue weighted by atomic mass is 9.79. The summed E-state index contributed by atoms with van der Waals surface area (Å²) < 4.78 is 18.3. The highest BCUT2D eigenvalue weighted by Gasteiger charge is 2.40. The molecule has 2 atom stereocenters. The van der Waals surface area contributed by atoms with Crippen molar-refractivity contribution in [1.29, 1.82) is 0 Å². The summed E-state index contributed by atoms with van der Waals surface area (Å²) in [6.45, 7) is 1.38. The highest BCUT2D eigenvalue weighted by molar-refractivity contribution is 5.16. The van der Waals surface area contributed by atoms with E-state index in [1.54, 1.807) is 12.1 Å². The van der Waals surface area contributed by atoms with Crippen molar-refractivity contribution in [2.24, 2.45) is 0 Å². The molecule has 2 heterocycles. The summed E-state index contributed by atoms with van der Waals surface area (Å²) in [5.41, 5.74) is 0.466. The third kappa shape index (κ3) is 3.14. The molecule has 2 aliphatic rings. The van der Waals surface area contributed by atoms with Gasteiger partial charge < -0.3 is 15.2 Å². The van der Waals surface area contributed by atoms with E-state index in [1.165, 1.54) is 12.1 Å². The number of aliphatic hydroxyl groups is 1. The first kappa shape index (κ1) is 13.0. The van der Waals surface area contributed by atoms with Crippen LogP contribution < -0.4 is 5.32 Å². The Kier molecular flexibility index (Phi) is 3.56. The van der Waals surface area contributed by atoms with Gasteiger partial charge in [-0.25, -0.2) is 4.39 Å². The zero-order chi connectivity index (χ0) is 13.3. The maximum absolute atomic E-state index is 12.8. The number of hydrogen-bond acceptors (Lipinski definition) is 3. The maximum Gasteiger partial charge on any atom is 0.123 e. The van der Waals surface area contributed by atoms with E-state index in [-0.39, 0.29) is 17.9 Å². The van der Waals surface area contributed by atoms with Gasteiger partial charge in [0.1, 0.15) is 5.82 Å². The smallest absolute Gasteiger partial charge is 0.123 e. The van der Waals surface area contributed by atoms with Crippen LogP contribution in [-0.4, -0.2) is 36.0 Å². The lowest BCUT2D eigenvalue weighted by molar-refractivity contribution is -0.0796. The summed E-state index contributed by atoms with van der Waals surface area (Å²) in [5.74, 6) is -0.212. The van der Waals surface area contributed by atoms with Crippen LogP contribution in [0.15, 0.2) is 24.3 Å². The quantitative estimate of drug-likeness (QED) is 0.873. The van der Waals surface area contributed by atoms with Crippen LogP contribution in [0.5, 0.6) is 0 Å². The van der Waals surface area contributed by atoms with E-state index >= 15 is 0 Å². The predicted molar refractivity (Wildman–Crippen MR) is 70.4 cm³/mol. The van der Waals surface area contributed by atoms with Gasteiger partial charge in [-0.1, -0.05) is 12.1 Å². The second kappa shape index (κ2) is 5.19. The largest absolute Gasteiger partial charge is 0.390 e. The van der Waals surface area contributed by atoms with Crippen molar-refractivity contribution in [2.45, 2.75) is 43.4 Å². The molecule has 4 heteroatoms. The Hall–Kier alpha value is -0.970. The molecule has 2 fully saturated rings. The fourth-order valence-corrected chi connectivity index (χ4v) is 3.25. The fraction of sp³-hybridized carbons (Fsp3) is 0.600. The van der Waals surface area contributed by atoms with Gasteiger partial charge in [-0.2, -0.15) is 0 Å². The van der Waals surface area contributed by atoms with Crippen molar-refractivity contribution < 1.29 is 14.2 Å². The van der Waals surface area contributed by atoms with Gasteiger partial charge in [-0.15, -0.1) is 0 Å². The van der Waals surface area contributed by atoms with Crippen LogP contribution in [0.1, 0.15) is 24.8 Å². The molecule has 3 rings (SSSR count). The second-order valence-electron chi connectivity index (χ2n) is 5.86. The number of nitrogens with one attached hydrogen (secondary N) is 1. The Morgan fingerprint density at radius 2 is 1.84 bits per heavy atom. The SMILES string of the molecule is OC1(CCc2ccc(F)cc2)CC2COCC(C1)N2. The number of aryl methyl sites for hydroxylation is 1. The van der Waals surface area contributed by atoms with Crippen LogP contribution in [0.3, 0.4) is 0 Å². The van der Waals surface area contributed by atoms with Gasteiger partial charge in [0.15, 0.2) is 0 Å². The molecule has 0 radical (unpaired) electrons. The molecule has 1 aromatic rings. The zero-order valence-electron chi connectivity index (χ0n) is 10.9. The molecular formula is C15H20FNO2. The van der Waals surface area contributed by atoms with E-state index in [2.05, 4.69) is 5.32 Å². The Bertz CT molecular complexity index is 422. The van der Waals surface area contributed by atoms with E-state index < -0.39 is 5.60 Å². The fourth-order valence-electron chi connectivity index (χ4n) is 3.25. The minimum atomic E-state index is -0.612. The average molecular weight is 265 g/mol. The Balaban J connectivity index is 1.60. The van der Waals surface area contributed by atoms with E-state index in [4.69, 9.17) is 4.74 Å². The predicted octanol–water partition coefficient (Wildman–Crippen LogP) is 1.64. The molecule has 2 bridgehead atoms. The Labute approximate surface area is 112 Å². The van der Waals surface area contributed by atoms with E-state index in [0.29, 0.717) is 13.2 Å². The van der Waals surface area contributed by atoms with Gasteiger partial charge in [-0.05, 0) is 43.4 Å². The summed E-state index contributed by atoms with van der Waals surface area (Å²) in [6.07, 6.45) is 3.00. The topological polar surface area (TPSA) is 41.5 Å². The second-order valence-corrected chi connectivity index (χ2v) is 5.86. The number of halogens is 1. The van der Waals surface area contributed by atoms with Crippen LogP contribution >= 0.6 is 0 Å². The highest BCUT2D eigenvalue weighted by Crippen LogP contribution is 2.31. The molecule has 0 saturated carbocycles. The lowest BCUT2D eigenvalue weighted by Crippen LogP contribution is -2.59. The van der Waals surface area contributed by atoms with Crippen molar-refractivity contribution in [2.75, 3.05) is 13.2 Å². The first-order valence-electron chi connectivity index (χ1n) is 6.94. The van der Waals surface area contributed by atoms with E-state index in [1.807, 2.05) is 0 Å². The standard InChI is InChI=1S/C15H20FNO2/c16-12-3-1-11(2-4-12)5-6-15(18)7-13-9-19-10-14(8-15)17-13/h1-4,13-14,17-18H,5-10H2. The summed E-state index contributed by atoms with van der Waals surface area (Å²) in [4.78, 5) is 0. The van der Waals surface area contributed by atoms with Gasteiger partial charge >= 0.3 is 0 Å². The van der Waals surface area contributed by atoms with Crippen molar-refractivity contribution in [3.63, 3.8) is 0 Å². The highest BCUT2D eigenvalue weighted by atomic mass is 19.1. The van der Waals surface area contributed by atoms with Crippen LogP contribution in [0, 0.1) is 5.82 Å². The molecule has 0 aromatic heterocycles. The molecule has 2 saturated heterocycles. The molecule has 0 spiro atoms. The third-order valence-corrected chi connectivity index (χ3v) is 4.15. The van der Waals surface area contributed by atoms with Crippen molar-refractivity contribution in [3.8, 4) is 0 Å². The first-order chi connectivity index (χ1) is 9.13. The Morgan fingerprint density at radius 3 is 2.47 bits per heavy atom. The summed E-state index contributed by atoms with van der Waals surface area (Å²) in [7, 11) is 0. The van der Waals surface area contributed by atoms with Crippen LogP contribution in [-0.2, 0) is 11.2 Å². The molecule has 1 aromatic carbocycles. The number of hydrogen-bond donors (Lipinski definition) is 2.